The summed E-state index contributed by atoms with van der Waals surface area (Å²) >= 11 is 0. The van der Waals surface area contributed by atoms with Gasteiger partial charge in [0.15, 0.2) is 5.03 Å². The van der Waals surface area contributed by atoms with Crippen molar-refractivity contribution in [1.29, 1.82) is 0 Å². The maximum Gasteiger partial charge on any atom is 0.416 e. The zero-order valence-electron chi connectivity index (χ0n) is 25.3. The van der Waals surface area contributed by atoms with Crippen molar-refractivity contribution in [3.63, 3.8) is 0 Å². The molecule has 12 heteroatoms. The van der Waals surface area contributed by atoms with Crippen molar-refractivity contribution in [1.82, 2.24) is 8.87 Å². The summed E-state index contributed by atoms with van der Waals surface area (Å²) in [6, 6.07) is 15.0. The molecule has 4 aromatic rings. The Morgan fingerprint density at radius 3 is 2.37 bits per heavy atom. The van der Waals surface area contributed by atoms with Gasteiger partial charge in [-0.15, -0.1) is 0 Å². The van der Waals surface area contributed by atoms with Gasteiger partial charge in [-0.1, -0.05) is 67.4 Å². The molecular formula is C34H34F3N3O5S. The fraction of sp³-hybridized carbons (Fsp3) is 0.353. The lowest BCUT2D eigenvalue weighted by molar-refractivity contribution is -0.141. The van der Waals surface area contributed by atoms with Gasteiger partial charge < -0.3 is 10.4 Å². The summed E-state index contributed by atoms with van der Waals surface area (Å²) in [5, 5.41) is 14.8. The van der Waals surface area contributed by atoms with Crippen molar-refractivity contribution < 1.29 is 31.5 Å². The normalized spacial score (nSPS) is 18.6. The van der Waals surface area contributed by atoms with Crippen molar-refractivity contribution in [2.24, 2.45) is 0 Å². The number of hydrogen-bond acceptors (Lipinski definition) is 5. The Bertz CT molecular complexity index is 1990. The summed E-state index contributed by atoms with van der Waals surface area (Å²) in [5.74, 6) is -1.42. The molecule has 1 unspecified atom stereocenters. The highest BCUT2D eigenvalue weighted by molar-refractivity contribution is 7.89. The van der Waals surface area contributed by atoms with Gasteiger partial charge in [0.2, 0.25) is 0 Å². The molecular weight excluding hydrogens is 619 g/mol. The van der Waals surface area contributed by atoms with E-state index >= 15 is 0 Å². The van der Waals surface area contributed by atoms with Gasteiger partial charge >= 0.3 is 12.1 Å². The number of alkyl halides is 3. The largest absolute Gasteiger partial charge is 0.480 e. The Balaban J connectivity index is 1.77. The fourth-order valence-electron chi connectivity index (χ4n) is 6.78. The van der Waals surface area contributed by atoms with Crippen molar-refractivity contribution in [3.05, 3.63) is 93.8 Å². The van der Waals surface area contributed by atoms with Gasteiger partial charge in [0.05, 0.1) is 5.56 Å². The molecule has 0 radical (unpaired) electrons. The van der Waals surface area contributed by atoms with E-state index in [4.69, 9.17) is 0 Å². The second-order valence-corrected chi connectivity index (χ2v) is 14.1. The number of nitrogens with zero attached hydrogens (tertiary/aromatic N) is 2. The first kappa shape index (κ1) is 31.8. The van der Waals surface area contributed by atoms with Crippen LogP contribution in [0.25, 0.3) is 21.9 Å². The average Bonchev–Trinajstić information content (AvgIpc) is 3.52. The molecule has 2 N–H and O–H groups in total. The van der Waals surface area contributed by atoms with Crippen LogP contribution < -0.4 is 10.9 Å². The summed E-state index contributed by atoms with van der Waals surface area (Å²) in [6.07, 6.45) is -1.48. The molecule has 1 atom stereocenters. The zero-order chi connectivity index (χ0) is 33.0. The first-order chi connectivity index (χ1) is 21.8. The molecule has 1 aliphatic carbocycles. The van der Waals surface area contributed by atoms with Crippen molar-refractivity contribution >= 4 is 32.5 Å². The molecule has 1 fully saturated rings. The summed E-state index contributed by atoms with van der Waals surface area (Å²) in [5.41, 5.74) is -1.08. The molecule has 0 bridgehead atoms. The van der Waals surface area contributed by atoms with Gasteiger partial charge in [0, 0.05) is 30.6 Å². The molecule has 6 rings (SSSR count). The third kappa shape index (κ3) is 5.57. The summed E-state index contributed by atoms with van der Waals surface area (Å²) < 4.78 is 72.9. The minimum absolute atomic E-state index is 0.00000213. The van der Waals surface area contributed by atoms with E-state index in [1.165, 1.54) is 12.1 Å². The van der Waals surface area contributed by atoms with Crippen LogP contribution in [0, 0.1) is 0 Å². The van der Waals surface area contributed by atoms with E-state index in [0.29, 0.717) is 0 Å². The van der Waals surface area contributed by atoms with Crippen LogP contribution in [0.15, 0.2) is 76.6 Å². The highest BCUT2D eigenvalue weighted by Crippen LogP contribution is 2.43. The van der Waals surface area contributed by atoms with Crippen molar-refractivity contribution in [3.8, 4) is 11.1 Å². The zero-order valence-corrected chi connectivity index (χ0v) is 26.2. The molecule has 1 saturated carbocycles. The number of carboxylic acids is 1. The number of aliphatic carboxylic acids is 1. The van der Waals surface area contributed by atoms with Crippen molar-refractivity contribution in [2.75, 3.05) is 11.9 Å². The number of halogens is 3. The minimum Gasteiger partial charge on any atom is -0.480 e. The van der Waals surface area contributed by atoms with Crippen LogP contribution in [0.5, 0.6) is 0 Å². The molecule has 8 nitrogen and oxygen atoms in total. The number of carbonyl (C=O) groups is 1. The predicted molar refractivity (Wildman–Crippen MR) is 169 cm³/mol. The number of rotatable bonds is 7. The number of pyridine rings is 1. The van der Waals surface area contributed by atoms with Gasteiger partial charge in [-0.3, -0.25) is 9.36 Å². The Morgan fingerprint density at radius 2 is 1.70 bits per heavy atom. The monoisotopic (exact) mass is 653 g/mol. The average molecular weight is 654 g/mol. The lowest BCUT2D eigenvalue weighted by Gasteiger charge is -2.38. The number of aromatic nitrogens is 1. The Labute approximate surface area is 264 Å². The van der Waals surface area contributed by atoms with E-state index in [1.54, 1.807) is 13.8 Å². The molecule has 46 heavy (non-hydrogen) atoms. The topological polar surface area (TPSA) is 109 Å². The fourth-order valence-corrected chi connectivity index (χ4v) is 8.85. The van der Waals surface area contributed by atoms with Crippen LogP contribution in [0.1, 0.15) is 62.3 Å². The number of sulfonamides is 1. The number of nitrogens with one attached hydrogen (secondary N) is 1. The molecule has 3 aromatic carbocycles. The quantitative estimate of drug-likeness (QED) is 0.231. The molecule has 242 valence electrons. The Hall–Kier alpha value is -4.16. The number of benzene rings is 3. The molecule has 0 saturated heterocycles. The number of fused-ring (bicyclic) bond motifs is 2. The van der Waals surface area contributed by atoms with Crippen LogP contribution in [-0.4, -0.2) is 47.0 Å². The lowest BCUT2D eigenvalue weighted by atomic mass is 9.91. The third-order valence-corrected chi connectivity index (χ3v) is 11.1. The standard InChI is InChI=1S/C34H34F3N3O5S/c1-20(2)39-19-28(33(42)43)40-31(41)30(38-25-14-4-5-15-25)27(18-22-11-7-10-21-9-3-6-16-26(21)22)29(32(40)46(39,44)45)23-12-8-13-24(17-23)34(35,36)37/h3,6-13,16-17,20,25,28,38H,4-5,14-15,18-19H2,1-2H3,(H,42,43). The smallest absolute Gasteiger partial charge is 0.416 e. The molecule has 2 heterocycles. The number of hydrogen-bond donors (Lipinski definition) is 2. The van der Waals surface area contributed by atoms with Crippen LogP contribution in [0.3, 0.4) is 0 Å². The maximum atomic E-state index is 14.5. The van der Waals surface area contributed by atoms with E-state index in [-0.39, 0.29) is 34.8 Å². The second-order valence-electron chi connectivity index (χ2n) is 12.3. The third-order valence-electron chi connectivity index (χ3n) is 8.98. The van der Waals surface area contributed by atoms with Crippen LogP contribution in [-0.2, 0) is 27.4 Å². The Morgan fingerprint density at radius 1 is 1.02 bits per heavy atom. The molecule has 1 aliphatic heterocycles. The van der Waals surface area contributed by atoms with Gasteiger partial charge in [-0.25, -0.2) is 13.2 Å². The highest BCUT2D eigenvalue weighted by atomic mass is 32.2. The van der Waals surface area contributed by atoms with E-state index in [9.17, 15) is 36.3 Å². The highest BCUT2D eigenvalue weighted by Gasteiger charge is 2.46. The van der Waals surface area contributed by atoms with Crippen LogP contribution in [0.2, 0.25) is 0 Å². The second kappa shape index (κ2) is 11.9. The first-order valence-corrected chi connectivity index (χ1v) is 16.7. The number of anilines is 1. The number of carboxylic acid groups (broad SMARTS) is 1. The Kier molecular flexibility index (Phi) is 8.22. The van der Waals surface area contributed by atoms with E-state index in [2.05, 4.69) is 5.32 Å². The SMILES string of the molecule is CC(C)N1CC(C(=O)O)n2c(c(-c3cccc(C(F)(F)F)c3)c(Cc3cccc4ccccc34)c(NC3CCCC3)c2=O)S1(=O)=O. The molecule has 0 spiro atoms. The van der Waals surface area contributed by atoms with Crippen LogP contribution >= 0.6 is 0 Å². The summed E-state index contributed by atoms with van der Waals surface area (Å²) in [6.45, 7) is 2.66. The lowest BCUT2D eigenvalue weighted by Crippen LogP contribution is -2.52. The molecule has 2 aliphatic rings. The van der Waals surface area contributed by atoms with Crippen molar-refractivity contribution in [2.45, 2.75) is 75.3 Å². The minimum atomic E-state index is -4.74. The van der Waals surface area contributed by atoms with E-state index in [1.807, 2.05) is 42.5 Å². The van der Waals surface area contributed by atoms with Gasteiger partial charge in [0.25, 0.3) is 15.6 Å². The van der Waals surface area contributed by atoms with E-state index < -0.39 is 56.9 Å². The van der Waals surface area contributed by atoms with Gasteiger partial charge in [-0.05, 0) is 66.3 Å². The summed E-state index contributed by atoms with van der Waals surface area (Å²) in [4.78, 5) is 27.2. The molecule has 1 aromatic heterocycles. The van der Waals surface area contributed by atoms with Gasteiger partial charge in [0.1, 0.15) is 11.7 Å². The maximum absolute atomic E-state index is 14.5. The first-order valence-electron chi connectivity index (χ1n) is 15.3. The van der Waals surface area contributed by atoms with Gasteiger partial charge in [-0.2, -0.15) is 17.5 Å². The predicted octanol–water partition coefficient (Wildman–Crippen LogP) is 6.67. The van der Waals surface area contributed by atoms with Crippen LogP contribution in [0.4, 0.5) is 18.9 Å². The van der Waals surface area contributed by atoms with E-state index in [0.717, 1.165) is 63.0 Å². The summed E-state index contributed by atoms with van der Waals surface area (Å²) in [7, 11) is -4.58. The molecule has 0 amide bonds.